The van der Waals surface area contributed by atoms with E-state index in [-0.39, 0.29) is 43.2 Å². The molecule has 3 amide bonds. The summed E-state index contributed by atoms with van der Waals surface area (Å²) < 4.78 is 10.8. The molecule has 0 aromatic heterocycles. The molecule has 0 radical (unpaired) electrons. The third-order valence-electron chi connectivity index (χ3n) is 7.50. The Balaban J connectivity index is 1.71. The van der Waals surface area contributed by atoms with Gasteiger partial charge < -0.3 is 14.4 Å². The molecule has 1 aliphatic carbocycles. The first-order chi connectivity index (χ1) is 16.4. The fourth-order valence-electron chi connectivity index (χ4n) is 5.85. The topological polar surface area (TPSA) is 93.2 Å². The maximum atomic E-state index is 14.0. The second-order valence-electron chi connectivity index (χ2n) is 9.49. The van der Waals surface area contributed by atoms with Crippen LogP contribution in [-0.2, 0) is 29.3 Å². The number of piperidine rings is 1. The summed E-state index contributed by atoms with van der Waals surface area (Å²) >= 11 is 0. The van der Waals surface area contributed by atoms with Crippen molar-refractivity contribution in [1.82, 2.24) is 9.80 Å². The smallest absolute Gasteiger partial charge is 0.328 e. The monoisotopic (exact) mass is 470 g/mol. The fraction of sp³-hybridized carbons (Fsp3) is 0.615. The van der Waals surface area contributed by atoms with Crippen molar-refractivity contribution in [3.8, 4) is 5.75 Å². The molecule has 2 saturated heterocycles. The molecule has 0 N–H and O–H groups in total. The number of ether oxygens (including phenoxy) is 2. The van der Waals surface area contributed by atoms with Crippen LogP contribution in [0.25, 0.3) is 0 Å². The number of hydrogen-bond donors (Lipinski definition) is 0. The predicted molar refractivity (Wildman–Crippen MR) is 124 cm³/mol. The molecule has 0 spiro atoms. The zero-order valence-electron chi connectivity index (χ0n) is 20.1. The number of carbonyl (C=O) groups is 4. The minimum Gasteiger partial charge on any atom is -0.496 e. The maximum Gasteiger partial charge on any atom is 0.328 e. The molecule has 4 rings (SSSR count). The van der Waals surface area contributed by atoms with Gasteiger partial charge in [0.2, 0.25) is 17.7 Å². The van der Waals surface area contributed by atoms with Gasteiger partial charge >= 0.3 is 5.97 Å². The predicted octanol–water partition coefficient (Wildman–Crippen LogP) is 2.97. The van der Waals surface area contributed by atoms with Crippen molar-refractivity contribution in [2.24, 2.45) is 0 Å². The van der Waals surface area contributed by atoms with E-state index in [9.17, 15) is 19.2 Å². The van der Waals surface area contributed by atoms with Crippen molar-refractivity contribution < 1.29 is 28.7 Å². The number of amides is 3. The third-order valence-corrected chi connectivity index (χ3v) is 7.50. The highest BCUT2D eigenvalue weighted by Gasteiger charge is 2.57. The van der Waals surface area contributed by atoms with Crippen LogP contribution in [0.15, 0.2) is 24.3 Å². The van der Waals surface area contributed by atoms with Crippen LogP contribution in [0.3, 0.4) is 0 Å². The molecule has 2 aliphatic heterocycles. The van der Waals surface area contributed by atoms with Crippen molar-refractivity contribution >= 4 is 23.7 Å². The molecule has 0 bridgehead atoms. The Bertz CT molecular complexity index is 956. The van der Waals surface area contributed by atoms with E-state index in [2.05, 4.69) is 0 Å². The number of esters is 1. The van der Waals surface area contributed by atoms with E-state index >= 15 is 0 Å². The van der Waals surface area contributed by atoms with Crippen LogP contribution >= 0.6 is 0 Å². The van der Waals surface area contributed by atoms with E-state index in [1.54, 1.807) is 36.1 Å². The van der Waals surface area contributed by atoms with E-state index in [1.165, 1.54) is 12.0 Å². The Labute approximate surface area is 200 Å². The summed E-state index contributed by atoms with van der Waals surface area (Å²) in [7, 11) is 1.52. The van der Waals surface area contributed by atoms with Gasteiger partial charge in [-0.05, 0) is 45.1 Å². The summed E-state index contributed by atoms with van der Waals surface area (Å²) in [5.74, 6) is -0.810. The van der Waals surface area contributed by atoms with Gasteiger partial charge in [-0.2, -0.15) is 0 Å². The minimum absolute atomic E-state index is 0.0770. The standard InChI is InChI=1S/C26H34N2O6/c1-3-34-24(31)20-13-8-9-15-27(20)22(29)16-26(19-12-6-7-14-21(19)33-2)17-23(30)28(25(26)32)18-10-4-5-11-18/h6-7,12,14,18,20H,3-5,8-11,13,15-17H2,1-2H3/t20-,26-/m0/s1. The van der Waals surface area contributed by atoms with Gasteiger partial charge in [-0.3, -0.25) is 19.3 Å². The fourth-order valence-corrected chi connectivity index (χ4v) is 5.85. The average Bonchev–Trinajstić information content (AvgIpc) is 3.45. The first-order valence-corrected chi connectivity index (χ1v) is 12.4. The van der Waals surface area contributed by atoms with Crippen LogP contribution in [0, 0.1) is 0 Å². The summed E-state index contributed by atoms with van der Waals surface area (Å²) in [6, 6.07) is 6.34. The lowest BCUT2D eigenvalue weighted by Gasteiger charge is -2.37. The van der Waals surface area contributed by atoms with Crippen LogP contribution < -0.4 is 4.74 Å². The number of imide groups is 1. The number of benzene rings is 1. The average molecular weight is 471 g/mol. The number of rotatable bonds is 7. The minimum atomic E-state index is -1.35. The zero-order chi connectivity index (χ0) is 24.3. The first kappa shape index (κ1) is 24.2. The number of para-hydroxylation sites is 1. The summed E-state index contributed by atoms with van der Waals surface area (Å²) in [5, 5.41) is 0. The molecule has 0 unspecified atom stereocenters. The highest BCUT2D eigenvalue weighted by atomic mass is 16.5. The number of nitrogens with zero attached hydrogens (tertiary/aromatic N) is 2. The van der Waals surface area contributed by atoms with Crippen molar-refractivity contribution in [1.29, 1.82) is 0 Å². The largest absolute Gasteiger partial charge is 0.496 e. The molecular weight excluding hydrogens is 436 g/mol. The van der Waals surface area contributed by atoms with Crippen LogP contribution in [0.1, 0.15) is 70.3 Å². The van der Waals surface area contributed by atoms with E-state index < -0.39 is 17.4 Å². The van der Waals surface area contributed by atoms with Gasteiger partial charge in [0.05, 0.1) is 19.1 Å². The summed E-state index contributed by atoms with van der Waals surface area (Å²) in [5.41, 5.74) is -0.797. The third kappa shape index (κ3) is 4.30. The maximum absolute atomic E-state index is 14.0. The van der Waals surface area contributed by atoms with Crippen molar-refractivity contribution in [2.75, 3.05) is 20.3 Å². The molecule has 184 valence electrons. The summed E-state index contributed by atoms with van der Waals surface area (Å²) in [6.45, 7) is 2.41. The van der Waals surface area contributed by atoms with Gasteiger partial charge in [-0.15, -0.1) is 0 Å². The second kappa shape index (κ2) is 10.2. The lowest BCUT2D eigenvalue weighted by Crippen LogP contribution is -2.51. The Morgan fingerprint density at radius 2 is 1.76 bits per heavy atom. The van der Waals surface area contributed by atoms with Crippen molar-refractivity contribution in [3.63, 3.8) is 0 Å². The first-order valence-electron chi connectivity index (χ1n) is 12.4. The molecule has 3 aliphatic rings. The molecule has 8 heteroatoms. The molecule has 34 heavy (non-hydrogen) atoms. The van der Waals surface area contributed by atoms with Crippen LogP contribution in [-0.4, -0.2) is 65.8 Å². The van der Waals surface area contributed by atoms with Gasteiger partial charge in [0.15, 0.2) is 0 Å². The molecule has 2 atom stereocenters. The normalized spacial score (nSPS) is 25.6. The van der Waals surface area contributed by atoms with E-state index in [0.29, 0.717) is 24.3 Å². The van der Waals surface area contributed by atoms with Crippen LogP contribution in [0.2, 0.25) is 0 Å². The zero-order valence-corrected chi connectivity index (χ0v) is 20.1. The number of methoxy groups -OCH3 is 1. The Morgan fingerprint density at radius 3 is 2.47 bits per heavy atom. The Kier molecular flexibility index (Phi) is 7.24. The van der Waals surface area contributed by atoms with E-state index in [4.69, 9.17) is 9.47 Å². The van der Waals surface area contributed by atoms with Gasteiger partial charge in [-0.25, -0.2) is 4.79 Å². The lowest BCUT2D eigenvalue weighted by atomic mass is 9.74. The van der Waals surface area contributed by atoms with E-state index in [1.807, 2.05) is 0 Å². The van der Waals surface area contributed by atoms with Crippen LogP contribution in [0.5, 0.6) is 5.75 Å². The van der Waals surface area contributed by atoms with Crippen molar-refractivity contribution in [2.45, 2.75) is 82.2 Å². The Morgan fingerprint density at radius 1 is 1.06 bits per heavy atom. The van der Waals surface area contributed by atoms with Gasteiger partial charge in [0.25, 0.3) is 0 Å². The SMILES string of the molecule is CCOC(=O)[C@@H]1CCCCN1C(=O)C[C@@]1(c2ccccc2OC)CC(=O)N(C2CCCC2)C1=O. The molecule has 1 aromatic rings. The van der Waals surface area contributed by atoms with Gasteiger partial charge in [0.1, 0.15) is 11.8 Å². The Hall–Kier alpha value is -2.90. The second-order valence-corrected chi connectivity index (χ2v) is 9.49. The summed E-state index contributed by atoms with van der Waals surface area (Å²) in [4.78, 5) is 56.5. The highest BCUT2D eigenvalue weighted by molar-refractivity contribution is 6.11. The number of carbonyl (C=O) groups excluding carboxylic acids is 4. The quantitative estimate of drug-likeness (QED) is 0.449. The number of likely N-dealkylation sites (tertiary alicyclic amines) is 2. The number of hydrogen-bond acceptors (Lipinski definition) is 6. The molecule has 8 nitrogen and oxygen atoms in total. The lowest BCUT2D eigenvalue weighted by molar-refractivity contribution is -0.157. The molecule has 1 aromatic carbocycles. The molecule has 2 heterocycles. The molecule has 3 fully saturated rings. The van der Waals surface area contributed by atoms with Crippen molar-refractivity contribution in [3.05, 3.63) is 29.8 Å². The molecular formula is C26H34N2O6. The van der Waals surface area contributed by atoms with E-state index in [0.717, 1.165) is 38.5 Å². The van der Waals surface area contributed by atoms with Gasteiger partial charge in [0, 0.05) is 31.0 Å². The summed E-state index contributed by atoms with van der Waals surface area (Å²) in [6.07, 6.45) is 5.45. The van der Waals surface area contributed by atoms with Crippen LogP contribution in [0.4, 0.5) is 0 Å². The van der Waals surface area contributed by atoms with Gasteiger partial charge in [-0.1, -0.05) is 31.0 Å². The highest BCUT2D eigenvalue weighted by Crippen LogP contribution is 2.46. The molecule has 1 saturated carbocycles.